The monoisotopic (exact) mass is 466 g/mol. The molecule has 0 heterocycles. The summed E-state index contributed by atoms with van der Waals surface area (Å²) in [6, 6.07) is 11.7. The van der Waals surface area contributed by atoms with Crippen LogP contribution in [0.15, 0.2) is 48.6 Å². The molecule has 2 aromatic carbocycles. The molecule has 4 nitrogen and oxygen atoms in total. The standard InChI is InChI=1S/C26H33F3O4/c1-4-21-13-20(7-5-6-11-26(27,28)29)8-9-25(21)22-14-23(32-12-10-19(2)17-30)16-24(15-22)33-18-31-3/h8-9,13-16,30H,2,4-7,10-12,17-18H2,1,3H3. The fourth-order valence-corrected chi connectivity index (χ4v) is 3.44. The Balaban J connectivity index is 2.21. The van der Waals surface area contributed by atoms with E-state index in [2.05, 4.69) is 19.6 Å². The molecule has 0 radical (unpaired) electrons. The average molecular weight is 467 g/mol. The Hall–Kier alpha value is -2.51. The average Bonchev–Trinajstić information content (AvgIpc) is 2.79. The number of hydrogen-bond acceptors (Lipinski definition) is 4. The van der Waals surface area contributed by atoms with Crippen molar-refractivity contribution in [2.24, 2.45) is 0 Å². The van der Waals surface area contributed by atoms with Crippen molar-refractivity contribution in [3.63, 3.8) is 0 Å². The summed E-state index contributed by atoms with van der Waals surface area (Å²) in [4.78, 5) is 0. The van der Waals surface area contributed by atoms with E-state index >= 15 is 0 Å². The van der Waals surface area contributed by atoms with E-state index in [4.69, 9.17) is 19.3 Å². The van der Waals surface area contributed by atoms with Crippen LogP contribution in [0.25, 0.3) is 11.1 Å². The molecule has 2 aromatic rings. The molecule has 0 aliphatic rings. The Morgan fingerprint density at radius 3 is 2.39 bits per heavy atom. The van der Waals surface area contributed by atoms with Gasteiger partial charge in [-0.15, -0.1) is 0 Å². The van der Waals surface area contributed by atoms with E-state index in [0.29, 0.717) is 42.9 Å². The summed E-state index contributed by atoms with van der Waals surface area (Å²) in [6.07, 6.45) is -2.27. The summed E-state index contributed by atoms with van der Waals surface area (Å²) in [6.45, 7) is 6.22. The van der Waals surface area contributed by atoms with Gasteiger partial charge in [0, 0.05) is 26.0 Å². The normalized spacial score (nSPS) is 11.5. The second-order valence-electron chi connectivity index (χ2n) is 7.92. The van der Waals surface area contributed by atoms with Crippen molar-refractivity contribution in [2.75, 3.05) is 27.1 Å². The van der Waals surface area contributed by atoms with Crippen LogP contribution in [-0.2, 0) is 17.6 Å². The smallest absolute Gasteiger partial charge is 0.389 e. The van der Waals surface area contributed by atoms with Gasteiger partial charge in [-0.05, 0) is 65.6 Å². The zero-order valence-electron chi connectivity index (χ0n) is 19.3. The molecule has 0 bridgehead atoms. The van der Waals surface area contributed by atoms with Crippen molar-refractivity contribution in [1.82, 2.24) is 0 Å². The maximum absolute atomic E-state index is 12.4. The van der Waals surface area contributed by atoms with Gasteiger partial charge < -0.3 is 19.3 Å². The second kappa shape index (κ2) is 13.3. The topological polar surface area (TPSA) is 47.9 Å². The van der Waals surface area contributed by atoms with Crippen LogP contribution in [0, 0.1) is 0 Å². The van der Waals surface area contributed by atoms with Crippen LogP contribution < -0.4 is 9.47 Å². The van der Waals surface area contributed by atoms with Crippen LogP contribution >= 0.6 is 0 Å². The number of benzene rings is 2. The maximum atomic E-state index is 12.4. The molecule has 182 valence electrons. The van der Waals surface area contributed by atoms with Crippen molar-refractivity contribution in [3.05, 3.63) is 59.7 Å². The number of halogens is 3. The Bertz CT molecular complexity index is 894. The second-order valence-corrected chi connectivity index (χ2v) is 7.92. The van der Waals surface area contributed by atoms with Crippen LogP contribution in [0.5, 0.6) is 11.5 Å². The van der Waals surface area contributed by atoms with Gasteiger partial charge in [-0.25, -0.2) is 0 Å². The van der Waals surface area contributed by atoms with Gasteiger partial charge in [0.25, 0.3) is 0 Å². The summed E-state index contributed by atoms with van der Waals surface area (Å²) < 4.78 is 53.7. The molecule has 0 saturated heterocycles. The molecule has 7 heteroatoms. The van der Waals surface area contributed by atoms with Crippen LogP contribution in [0.2, 0.25) is 0 Å². The van der Waals surface area contributed by atoms with E-state index in [1.165, 1.54) is 0 Å². The highest BCUT2D eigenvalue weighted by molar-refractivity contribution is 5.71. The number of methoxy groups -OCH3 is 1. The third-order valence-corrected chi connectivity index (χ3v) is 5.21. The van der Waals surface area contributed by atoms with E-state index in [-0.39, 0.29) is 19.8 Å². The molecular weight excluding hydrogens is 433 g/mol. The van der Waals surface area contributed by atoms with E-state index in [0.717, 1.165) is 28.7 Å². The molecule has 33 heavy (non-hydrogen) atoms. The van der Waals surface area contributed by atoms with Gasteiger partial charge in [-0.2, -0.15) is 13.2 Å². The number of aryl methyl sites for hydroxylation is 2. The molecule has 0 aliphatic carbocycles. The van der Waals surface area contributed by atoms with E-state index < -0.39 is 12.6 Å². The molecule has 0 fully saturated rings. The fourth-order valence-electron chi connectivity index (χ4n) is 3.44. The van der Waals surface area contributed by atoms with Gasteiger partial charge in [-0.3, -0.25) is 0 Å². The lowest BCUT2D eigenvalue weighted by Gasteiger charge is -2.15. The molecule has 1 N–H and O–H groups in total. The first-order chi connectivity index (χ1) is 15.8. The minimum atomic E-state index is -4.10. The van der Waals surface area contributed by atoms with E-state index in [1.807, 2.05) is 24.3 Å². The zero-order valence-corrected chi connectivity index (χ0v) is 19.3. The molecule has 0 aliphatic heterocycles. The van der Waals surface area contributed by atoms with Gasteiger partial charge in [0.15, 0.2) is 6.79 Å². The number of unbranched alkanes of at least 4 members (excludes halogenated alkanes) is 1. The van der Waals surface area contributed by atoms with Gasteiger partial charge in [-0.1, -0.05) is 31.7 Å². The summed E-state index contributed by atoms with van der Waals surface area (Å²) >= 11 is 0. The first-order valence-corrected chi connectivity index (χ1v) is 11.1. The molecule has 2 rings (SSSR count). The lowest BCUT2D eigenvalue weighted by molar-refractivity contribution is -0.135. The van der Waals surface area contributed by atoms with Crippen molar-refractivity contribution >= 4 is 0 Å². The number of rotatable bonds is 14. The van der Waals surface area contributed by atoms with Gasteiger partial charge in [0.2, 0.25) is 0 Å². The molecule has 0 unspecified atom stereocenters. The molecule has 0 atom stereocenters. The van der Waals surface area contributed by atoms with Gasteiger partial charge >= 0.3 is 6.18 Å². The highest BCUT2D eigenvalue weighted by Gasteiger charge is 2.25. The summed E-state index contributed by atoms with van der Waals surface area (Å²) in [5.41, 5.74) is 4.76. The van der Waals surface area contributed by atoms with Crippen LogP contribution in [0.1, 0.15) is 43.7 Å². The zero-order chi connectivity index (χ0) is 24.3. The van der Waals surface area contributed by atoms with E-state index in [9.17, 15) is 13.2 Å². The lowest BCUT2D eigenvalue weighted by Crippen LogP contribution is -2.06. The molecular formula is C26H33F3O4. The number of ether oxygens (including phenoxy) is 3. The third-order valence-electron chi connectivity index (χ3n) is 5.21. The largest absolute Gasteiger partial charge is 0.493 e. The van der Waals surface area contributed by atoms with Crippen molar-refractivity contribution in [1.29, 1.82) is 0 Å². The first-order valence-electron chi connectivity index (χ1n) is 11.1. The number of aliphatic hydroxyl groups excluding tert-OH is 1. The van der Waals surface area contributed by atoms with E-state index in [1.54, 1.807) is 13.2 Å². The molecule has 0 saturated carbocycles. The quantitative estimate of drug-likeness (QED) is 0.196. The Labute approximate surface area is 194 Å². The van der Waals surface area contributed by atoms with Crippen molar-refractivity contribution < 1.29 is 32.5 Å². The lowest BCUT2D eigenvalue weighted by atomic mass is 9.94. The number of hydrogen-bond donors (Lipinski definition) is 1. The SMILES string of the molecule is C=C(CO)CCOc1cc(OCOC)cc(-c2ccc(CCCCC(F)(F)F)cc2CC)c1. The van der Waals surface area contributed by atoms with Crippen molar-refractivity contribution in [2.45, 2.75) is 51.6 Å². The van der Waals surface area contributed by atoms with Gasteiger partial charge in [0.05, 0.1) is 13.2 Å². The van der Waals surface area contributed by atoms with Crippen LogP contribution in [0.3, 0.4) is 0 Å². The summed E-state index contributed by atoms with van der Waals surface area (Å²) in [5.74, 6) is 1.23. The molecule has 0 aromatic heterocycles. The number of aliphatic hydroxyl groups is 1. The first kappa shape index (κ1) is 26.7. The van der Waals surface area contributed by atoms with Crippen LogP contribution in [0.4, 0.5) is 13.2 Å². The summed E-state index contributed by atoms with van der Waals surface area (Å²) in [5, 5.41) is 9.11. The Morgan fingerprint density at radius 1 is 1.03 bits per heavy atom. The van der Waals surface area contributed by atoms with Crippen LogP contribution in [-0.4, -0.2) is 38.4 Å². The predicted octanol–water partition coefficient (Wildman–Crippen LogP) is 6.49. The third kappa shape index (κ3) is 9.48. The summed E-state index contributed by atoms with van der Waals surface area (Å²) in [7, 11) is 1.55. The predicted molar refractivity (Wildman–Crippen MR) is 124 cm³/mol. The van der Waals surface area contributed by atoms with Crippen molar-refractivity contribution in [3.8, 4) is 22.6 Å². The maximum Gasteiger partial charge on any atom is 0.389 e. The highest BCUT2D eigenvalue weighted by atomic mass is 19.4. The molecule has 0 amide bonds. The number of alkyl halides is 3. The fraction of sp³-hybridized carbons (Fsp3) is 0.462. The minimum Gasteiger partial charge on any atom is -0.493 e. The van der Waals surface area contributed by atoms with Gasteiger partial charge in [0.1, 0.15) is 11.5 Å². The Morgan fingerprint density at radius 2 is 1.76 bits per heavy atom. The Kier molecular flexibility index (Phi) is 10.7. The molecule has 0 spiro atoms. The minimum absolute atomic E-state index is 0.0754. The highest BCUT2D eigenvalue weighted by Crippen LogP contribution is 2.33.